The number of hydroxylamine groups is 1. The molecule has 2 amide bonds. The second-order valence-electron chi connectivity index (χ2n) is 8.36. The predicted molar refractivity (Wildman–Crippen MR) is 119 cm³/mol. The first-order valence-corrected chi connectivity index (χ1v) is 11.2. The van der Waals surface area contributed by atoms with Crippen LogP contribution in [0, 0.1) is 0 Å². The third-order valence-corrected chi connectivity index (χ3v) is 6.08. The van der Waals surface area contributed by atoms with Crippen LogP contribution in [0.5, 0.6) is 11.5 Å². The lowest BCUT2D eigenvalue weighted by molar-refractivity contribution is -0.156. The van der Waals surface area contributed by atoms with Gasteiger partial charge in [-0.1, -0.05) is 24.3 Å². The number of amides is 2. The van der Waals surface area contributed by atoms with E-state index in [-0.39, 0.29) is 18.4 Å². The highest BCUT2D eigenvalue weighted by Crippen LogP contribution is 2.38. The Bertz CT molecular complexity index is 1050. The molecule has 4 rings (SSSR count). The third kappa shape index (κ3) is 5.10. The van der Waals surface area contributed by atoms with Crippen molar-refractivity contribution in [2.75, 3.05) is 7.11 Å². The summed E-state index contributed by atoms with van der Waals surface area (Å²) < 4.78 is 11.7. The van der Waals surface area contributed by atoms with E-state index >= 15 is 0 Å². The molecular weight excluding hydrogens is 424 g/mol. The molecule has 0 saturated heterocycles. The number of carbonyl (C=O) groups is 3. The highest BCUT2D eigenvalue weighted by atomic mass is 16.7. The van der Waals surface area contributed by atoms with E-state index in [1.165, 1.54) is 6.92 Å². The Morgan fingerprint density at radius 3 is 2.58 bits per heavy atom. The molecular formula is C25H28N2O6. The van der Waals surface area contributed by atoms with Gasteiger partial charge in [-0.15, -0.1) is 0 Å². The van der Waals surface area contributed by atoms with E-state index < -0.39 is 17.9 Å². The zero-order valence-corrected chi connectivity index (χ0v) is 18.8. The van der Waals surface area contributed by atoms with Crippen LogP contribution in [0.4, 0.5) is 0 Å². The fourth-order valence-electron chi connectivity index (χ4n) is 4.46. The Kier molecular flexibility index (Phi) is 6.82. The average Bonchev–Trinajstić information content (AvgIpc) is 3.44. The lowest BCUT2D eigenvalue weighted by Crippen LogP contribution is -2.35. The maximum Gasteiger partial charge on any atom is 0.329 e. The average molecular weight is 453 g/mol. The van der Waals surface area contributed by atoms with Crippen LogP contribution >= 0.6 is 0 Å². The van der Waals surface area contributed by atoms with E-state index in [0.29, 0.717) is 23.6 Å². The van der Waals surface area contributed by atoms with Crippen molar-refractivity contribution in [3.05, 3.63) is 59.2 Å². The summed E-state index contributed by atoms with van der Waals surface area (Å²) in [6.07, 6.45) is 4.28. The lowest BCUT2D eigenvalue weighted by atomic mass is 10.0. The third-order valence-electron chi connectivity index (χ3n) is 6.08. The molecule has 33 heavy (non-hydrogen) atoms. The summed E-state index contributed by atoms with van der Waals surface area (Å²) in [6.45, 7) is 1.58. The molecule has 1 N–H and O–H groups in total. The van der Waals surface area contributed by atoms with E-state index in [4.69, 9.17) is 9.47 Å². The number of carbonyl (C=O) groups excluding carboxylic acids is 3. The van der Waals surface area contributed by atoms with Gasteiger partial charge in [0.25, 0.3) is 11.8 Å². The molecule has 1 aliphatic heterocycles. The summed E-state index contributed by atoms with van der Waals surface area (Å²) in [5.74, 6) is -0.0829. The number of benzene rings is 2. The van der Waals surface area contributed by atoms with Crippen LogP contribution in [0.1, 0.15) is 66.6 Å². The minimum Gasteiger partial charge on any atom is -0.493 e. The van der Waals surface area contributed by atoms with Crippen molar-refractivity contribution in [1.29, 1.82) is 0 Å². The number of hydrogen-bond acceptors (Lipinski definition) is 6. The highest BCUT2D eigenvalue weighted by Gasteiger charge is 2.35. The minimum absolute atomic E-state index is 0.0811. The Morgan fingerprint density at radius 1 is 1.12 bits per heavy atom. The zero-order chi connectivity index (χ0) is 23.4. The standard InChI is InChI=1S/C25H28N2O6/c1-16(28)33-26-24(29)14-21(27-15-18-7-3-6-10-20(18)25(27)30)17-11-12-22(31-2)23(13-17)32-19-8-4-5-9-19/h3,6-7,10-13,19,21H,4-5,8-9,14-15H2,1-2H3,(H,26,29)/t21-/m0/s1. The summed E-state index contributed by atoms with van der Waals surface area (Å²) in [6, 6.07) is 12.3. The van der Waals surface area contributed by atoms with E-state index in [1.807, 2.05) is 30.3 Å². The molecule has 1 atom stereocenters. The topological polar surface area (TPSA) is 94.2 Å². The van der Waals surface area contributed by atoms with E-state index in [0.717, 1.165) is 36.8 Å². The molecule has 2 aromatic rings. The molecule has 0 bridgehead atoms. The van der Waals surface area contributed by atoms with Gasteiger partial charge in [0.05, 0.1) is 25.7 Å². The van der Waals surface area contributed by atoms with Crippen LogP contribution in [-0.4, -0.2) is 35.9 Å². The molecule has 1 fully saturated rings. The minimum atomic E-state index is -0.624. The smallest absolute Gasteiger partial charge is 0.329 e. The molecule has 8 heteroatoms. The van der Waals surface area contributed by atoms with Crippen molar-refractivity contribution < 1.29 is 28.7 Å². The number of methoxy groups -OCH3 is 1. The van der Waals surface area contributed by atoms with Gasteiger partial charge in [0, 0.05) is 19.0 Å². The van der Waals surface area contributed by atoms with Crippen LogP contribution in [-0.2, 0) is 21.0 Å². The Hall–Kier alpha value is -3.55. The fourth-order valence-corrected chi connectivity index (χ4v) is 4.46. The van der Waals surface area contributed by atoms with Gasteiger partial charge in [0.15, 0.2) is 11.5 Å². The van der Waals surface area contributed by atoms with E-state index in [2.05, 4.69) is 10.3 Å². The molecule has 0 aromatic heterocycles. The highest BCUT2D eigenvalue weighted by molar-refractivity contribution is 5.98. The summed E-state index contributed by atoms with van der Waals surface area (Å²) in [5.41, 5.74) is 4.42. The van der Waals surface area contributed by atoms with Crippen molar-refractivity contribution in [1.82, 2.24) is 10.4 Å². The van der Waals surface area contributed by atoms with Crippen LogP contribution in [0.25, 0.3) is 0 Å². The van der Waals surface area contributed by atoms with Crippen LogP contribution < -0.4 is 15.0 Å². The molecule has 1 heterocycles. The zero-order valence-electron chi connectivity index (χ0n) is 18.8. The largest absolute Gasteiger partial charge is 0.493 e. The molecule has 2 aliphatic rings. The van der Waals surface area contributed by atoms with Crippen LogP contribution in [0.15, 0.2) is 42.5 Å². The number of ether oxygens (including phenoxy) is 2. The van der Waals surface area contributed by atoms with Gasteiger partial charge >= 0.3 is 5.97 Å². The number of fused-ring (bicyclic) bond motifs is 1. The first-order chi connectivity index (χ1) is 16.0. The van der Waals surface area contributed by atoms with Crippen molar-refractivity contribution in [3.63, 3.8) is 0 Å². The van der Waals surface area contributed by atoms with E-state index in [1.54, 1.807) is 24.1 Å². The Morgan fingerprint density at radius 2 is 1.88 bits per heavy atom. The van der Waals surface area contributed by atoms with Gasteiger partial charge in [0.1, 0.15) is 0 Å². The second kappa shape index (κ2) is 9.94. The summed E-state index contributed by atoms with van der Waals surface area (Å²) in [4.78, 5) is 43.2. The van der Waals surface area contributed by atoms with Gasteiger partial charge in [-0.3, -0.25) is 14.4 Å². The maximum absolute atomic E-state index is 13.2. The Balaban J connectivity index is 1.64. The maximum atomic E-state index is 13.2. The number of hydrogen-bond donors (Lipinski definition) is 1. The van der Waals surface area contributed by atoms with Gasteiger partial charge in [-0.05, 0) is 55.0 Å². The Labute approximate surface area is 192 Å². The molecule has 0 radical (unpaired) electrons. The van der Waals surface area contributed by atoms with Gasteiger partial charge < -0.3 is 19.2 Å². The first kappa shape index (κ1) is 22.6. The summed E-state index contributed by atoms with van der Waals surface area (Å²) in [7, 11) is 1.58. The number of nitrogens with zero attached hydrogens (tertiary/aromatic N) is 1. The van der Waals surface area contributed by atoms with Crippen LogP contribution in [0.2, 0.25) is 0 Å². The number of nitrogens with one attached hydrogen (secondary N) is 1. The SMILES string of the molecule is COc1ccc([C@H](CC(=O)NOC(C)=O)N2Cc3ccccc3C2=O)cc1OC1CCCC1. The summed E-state index contributed by atoms with van der Waals surface area (Å²) in [5, 5.41) is 0. The van der Waals surface area contributed by atoms with Gasteiger partial charge in [0.2, 0.25) is 0 Å². The quantitative estimate of drug-likeness (QED) is 0.644. The molecule has 1 saturated carbocycles. The van der Waals surface area contributed by atoms with Crippen molar-refractivity contribution in [2.45, 2.75) is 57.7 Å². The summed E-state index contributed by atoms with van der Waals surface area (Å²) >= 11 is 0. The number of rotatable bonds is 7. The van der Waals surface area contributed by atoms with Crippen LogP contribution in [0.3, 0.4) is 0 Å². The molecule has 0 spiro atoms. The van der Waals surface area contributed by atoms with Crippen molar-refractivity contribution >= 4 is 17.8 Å². The molecule has 1 aliphatic carbocycles. The fraction of sp³-hybridized carbons (Fsp3) is 0.400. The molecule has 174 valence electrons. The normalized spacial score (nSPS) is 16.3. The molecule has 2 aromatic carbocycles. The second-order valence-corrected chi connectivity index (χ2v) is 8.36. The first-order valence-electron chi connectivity index (χ1n) is 11.2. The monoisotopic (exact) mass is 452 g/mol. The van der Waals surface area contributed by atoms with Crippen molar-refractivity contribution in [3.8, 4) is 11.5 Å². The lowest BCUT2D eigenvalue weighted by Gasteiger charge is -2.28. The molecule has 0 unspecified atom stereocenters. The van der Waals surface area contributed by atoms with Gasteiger partial charge in [-0.25, -0.2) is 0 Å². The van der Waals surface area contributed by atoms with Gasteiger partial charge in [-0.2, -0.15) is 5.48 Å². The molecule has 8 nitrogen and oxygen atoms in total. The van der Waals surface area contributed by atoms with E-state index in [9.17, 15) is 14.4 Å². The predicted octanol–water partition coefficient (Wildman–Crippen LogP) is 3.70. The van der Waals surface area contributed by atoms with Crippen molar-refractivity contribution in [2.24, 2.45) is 0 Å².